The largest absolute Gasteiger partial charge is 0.457 e. The first-order valence-electron chi connectivity index (χ1n) is 17.4. The van der Waals surface area contributed by atoms with Crippen LogP contribution in [0.2, 0.25) is 6.32 Å². The van der Waals surface area contributed by atoms with Crippen molar-refractivity contribution in [2.24, 2.45) is 0 Å². The van der Waals surface area contributed by atoms with Crippen molar-refractivity contribution >= 4 is 13.0 Å². The maximum absolute atomic E-state index is 13.2. The molecule has 50 heavy (non-hydrogen) atoms. The lowest BCUT2D eigenvalue weighted by Crippen LogP contribution is -2.47. The molecule has 1 aliphatic rings. The van der Waals surface area contributed by atoms with Crippen molar-refractivity contribution in [1.82, 2.24) is 35.8 Å². The lowest BCUT2D eigenvalue weighted by molar-refractivity contribution is -0.122. The van der Waals surface area contributed by atoms with E-state index in [0.717, 1.165) is 41.4 Å². The van der Waals surface area contributed by atoms with Gasteiger partial charge in [-0.3, -0.25) is 15.1 Å². The zero-order valence-corrected chi connectivity index (χ0v) is 29.3. The van der Waals surface area contributed by atoms with Crippen LogP contribution in [0.15, 0.2) is 116 Å². The minimum atomic E-state index is -0.764. The van der Waals surface area contributed by atoms with Crippen LogP contribution < -0.4 is 10.6 Å². The van der Waals surface area contributed by atoms with Gasteiger partial charge in [0, 0.05) is 18.9 Å². The Morgan fingerprint density at radius 1 is 0.820 bits per heavy atom. The van der Waals surface area contributed by atoms with Gasteiger partial charge in [0.05, 0.1) is 22.8 Å². The molecule has 0 bridgehead atoms. The quantitative estimate of drug-likeness (QED) is 0.0761. The average molecular weight is 672 g/mol. The molecule has 1 fully saturated rings. The second kappa shape index (κ2) is 15.5. The van der Waals surface area contributed by atoms with E-state index >= 15 is 0 Å². The Morgan fingerprint density at radius 2 is 1.40 bits per heavy atom. The number of aromatic nitrogens is 5. The van der Waals surface area contributed by atoms with Gasteiger partial charge in [-0.15, -0.1) is 5.10 Å². The van der Waals surface area contributed by atoms with E-state index in [-0.39, 0.29) is 36.8 Å². The van der Waals surface area contributed by atoms with Crippen LogP contribution in [0.25, 0.3) is 0 Å². The second-order valence-corrected chi connectivity index (χ2v) is 13.8. The number of hydrogen-bond donors (Lipinski definition) is 2. The highest BCUT2D eigenvalue weighted by molar-refractivity contribution is 6.45. The van der Waals surface area contributed by atoms with Crippen LogP contribution >= 0.6 is 0 Å². The van der Waals surface area contributed by atoms with E-state index in [4.69, 9.17) is 9.31 Å². The molecule has 1 aliphatic heterocycles. The highest BCUT2D eigenvalue weighted by Gasteiger charge is 2.50. The summed E-state index contributed by atoms with van der Waals surface area (Å²) in [5.41, 5.74) is 2.63. The molecule has 11 heteroatoms. The SMILES string of the molecule is CC1(C)OB(CCCCC(NC(c2ccccc2)(c2ccccc2)c2ccccc2)c2nnnn2CC(=O)NCc2cccnc2)OC1(C)C. The Kier molecular flexibility index (Phi) is 10.9. The van der Waals surface area contributed by atoms with Crippen molar-refractivity contribution in [2.75, 3.05) is 0 Å². The van der Waals surface area contributed by atoms with Gasteiger partial charge in [0.1, 0.15) is 6.54 Å². The van der Waals surface area contributed by atoms with Gasteiger partial charge in [-0.2, -0.15) is 0 Å². The molecule has 2 N–H and O–H groups in total. The molecular formula is C39H46BN7O3. The highest BCUT2D eigenvalue weighted by Crippen LogP contribution is 2.41. The first-order valence-corrected chi connectivity index (χ1v) is 17.4. The molecule has 0 aliphatic carbocycles. The Morgan fingerprint density at radius 3 is 1.94 bits per heavy atom. The van der Waals surface area contributed by atoms with Crippen LogP contribution in [0.1, 0.15) is 81.1 Å². The molecule has 258 valence electrons. The fourth-order valence-corrected chi connectivity index (χ4v) is 6.55. The number of nitrogens with zero attached hydrogens (tertiary/aromatic N) is 5. The van der Waals surface area contributed by atoms with Gasteiger partial charge >= 0.3 is 7.12 Å². The van der Waals surface area contributed by atoms with Crippen molar-refractivity contribution in [1.29, 1.82) is 0 Å². The number of tetrazole rings is 1. The lowest BCUT2D eigenvalue weighted by atomic mass is 9.76. The van der Waals surface area contributed by atoms with E-state index < -0.39 is 5.54 Å². The molecule has 6 rings (SSSR count). The molecule has 0 spiro atoms. The molecule has 0 saturated carbocycles. The van der Waals surface area contributed by atoms with Gasteiger partial charge in [-0.1, -0.05) is 110 Å². The second-order valence-electron chi connectivity index (χ2n) is 13.8. The normalized spacial score (nSPS) is 15.9. The minimum Gasteiger partial charge on any atom is -0.403 e. The standard InChI is InChI=1S/C39H46BN7O3/c1-37(2)38(3,4)50-40(49-37)25-15-14-24-34(36-44-45-46-47(36)29-35(48)42-28-30-17-16-26-41-27-30)43-39(31-18-8-5-9-19-31,32-20-10-6-11-21-32)33-22-12-7-13-23-33/h5-13,16-23,26-27,34,43H,14-15,24-25,28-29H2,1-4H3,(H,42,48). The van der Waals surface area contributed by atoms with E-state index in [1.54, 1.807) is 17.1 Å². The summed E-state index contributed by atoms with van der Waals surface area (Å²) in [6, 6.07) is 34.8. The van der Waals surface area contributed by atoms with Gasteiger partial charge in [-0.05, 0) is 79.2 Å². The number of pyridine rings is 1. The fourth-order valence-electron chi connectivity index (χ4n) is 6.55. The summed E-state index contributed by atoms with van der Waals surface area (Å²) in [5.74, 6) is 0.395. The lowest BCUT2D eigenvalue weighted by Gasteiger charge is -2.40. The smallest absolute Gasteiger partial charge is 0.403 e. The predicted molar refractivity (Wildman–Crippen MR) is 194 cm³/mol. The third-order valence-electron chi connectivity index (χ3n) is 9.87. The zero-order valence-electron chi connectivity index (χ0n) is 29.3. The van der Waals surface area contributed by atoms with Crippen molar-refractivity contribution in [3.63, 3.8) is 0 Å². The third kappa shape index (κ3) is 7.86. The summed E-state index contributed by atoms with van der Waals surface area (Å²) in [7, 11) is -0.266. The molecule has 1 amide bonds. The first kappa shape index (κ1) is 35.1. The molecule has 2 aromatic heterocycles. The van der Waals surface area contributed by atoms with E-state index in [2.05, 4.69) is 132 Å². The van der Waals surface area contributed by atoms with Crippen LogP contribution in [0.3, 0.4) is 0 Å². The maximum atomic E-state index is 13.2. The van der Waals surface area contributed by atoms with Crippen molar-refractivity contribution in [3.8, 4) is 0 Å². The summed E-state index contributed by atoms with van der Waals surface area (Å²) < 4.78 is 14.2. The Hall–Kier alpha value is -4.71. The number of hydrogen-bond acceptors (Lipinski definition) is 8. The summed E-state index contributed by atoms with van der Waals surface area (Å²) in [5, 5.41) is 20.0. The molecule has 5 aromatic rings. The number of carbonyl (C=O) groups excluding carboxylic acids is 1. The van der Waals surface area contributed by atoms with Crippen molar-refractivity contribution in [3.05, 3.63) is 144 Å². The minimum absolute atomic E-state index is 0.0241. The fraction of sp³-hybridized carbons (Fsp3) is 0.359. The molecule has 0 radical (unpaired) electrons. The zero-order chi connectivity index (χ0) is 35.0. The number of amides is 1. The number of unbranched alkanes of at least 4 members (excludes halogenated alkanes) is 1. The molecular weight excluding hydrogens is 625 g/mol. The number of carbonyl (C=O) groups is 1. The number of rotatable bonds is 15. The summed E-state index contributed by atoms with van der Waals surface area (Å²) in [6.07, 6.45) is 6.63. The van der Waals surface area contributed by atoms with Crippen LogP contribution in [0.4, 0.5) is 0 Å². The van der Waals surface area contributed by atoms with Crippen molar-refractivity contribution in [2.45, 2.75) is 89.1 Å². The van der Waals surface area contributed by atoms with E-state index in [1.807, 2.05) is 30.3 Å². The van der Waals surface area contributed by atoms with Gasteiger partial charge in [0.15, 0.2) is 5.82 Å². The summed E-state index contributed by atoms with van der Waals surface area (Å²) >= 11 is 0. The molecule has 3 aromatic carbocycles. The predicted octanol–water partition coefficient (Wildman–Crippen LogP) is 6.27. The van der Waals surface area contributed by atoms with Crippen LogP contribution in [0, 0.1) is 0 Å². The average Bonchev–Trinajstić information content (AvgIpc) is 3.67. The van der Waals surface area contributed by atoms with Crippen LogP contribution in [0.5, 0.6) is 0 Å². The number of nitrogens with one attached hydrogen (secondary N) is 2. The molecule has 3 heterocycles. The molecule has 1 saturated heterocycles. The van der Waals surface area contributed by atoms with E-state index in [1.165, 1.54) is 0 Å². The van der Waals surface area contributed by atoms with Gasteiger partial charge < -0.3 is 14.6 Å². The van der Waals surface area contributed by atoms with Crippen molar-refractivity contribution < 1.29 is 14.1 Å². The summed E-state index contributed by atoms with van der Waals surface area (Å²) in [4.78, 5) is 17.4. The number of benzene rings is 3. The molecule has 10 nitrogen and oxygen atoms in total. The van der Waals surface area contributed by atoms with Gasteiger partial charge in [-0.25, -0.2) is 4.68 Å². The maximum Gasteiger partial charge on any atom is 0.457 e. The van der Waals surface area contributed by atoms with Crippen LogP contribution in [-0.4, -0.2) is 49.4 Å². The summed E-state index contributed by atoms with van der Waals surface area (Å²) in [6.45, 7) is 8.66. The van der Waals surface area contributed by atoms with E-state index in [9.17, 15) is 4.79 Å². The Bertz CT molecular complexity index is 1690. The first-order chi connectivity index (χ1) is 24.2. The van der Waals surface area contributed by atoms with Crippen LogP contribution in [-0.2, 0) is 32.7 Å². The van der Waals surface area contributed by atoms with E-state index in [0.29, 0.717) is 18.8 Å². The topological polar surface area (TPSA) is 116 Å². The highest BCUT2D eigenvalue weighted by atomic mass is 16.7. The molecule has 1 atom stereocenters. The molecule has 1 unspecified atom stereocenters. The Labute approximate surface area is 295 Å². The third-order valence-corrected chi connectivity index (χ3v) is 9.87. The monoisotopic (exact) mass is 671 g/mol. The Balaban J connectivity index is 1.32. The van der Waals surface area contributed by atoms with Gasteiger partial charge in [0.25, 0.3) is 0 Å². The van der Waals surface area contributed by atoms with Gasteiger partial charge in [0.2, 0.25) is 5.91 Å².